The van der Waals surface area contributed by atoms with Crippen LogP contribution in [0.2, 0.25) is 0 Å². The number of carbonyl (C=O) groups is 2. The second-order valence-electron chi connectivity index (χ2n) is 7.69. The molecule has 7 heteroatoms. The van der Waals surface area contributed by atoms with Gasteiger partial charge < -0.3 is 20.7 Å². The number of likely N-dealkylation sites (tertiary alicyclic amines) is 1. The van der Waals surface area contributed by atoms with E-state index in [9.17, 15) is 9.59 Å². The van der Waals surface area contributed by atoms with Gasteiger partial charge >= 0.3 is 6.03 Å². The van der Waals surface area contributed by atoms with Gasteiger partial charge in [-0.2, -0.15) is 0 Å². The summed E-state index contributed by atoms with van der Waals surface area (Å²) in [5.41, 5.74) is 0.815. The van der Waals surface area contributed by atoms with Crippen LogP contribution in [0.1, 0.15) is 33.1 Å². The lowest BCUT2D eigenvalue weighted by Crippen LogP contribution is -2.49. The Morgan fingerprint density at radius 3 is 2.57 bits per heavy atom. The van der Waals surface area contributed by atoms with Crippen LogP contribution >= 0.6 is 0 Å². The van der Waals surface area contributed by atoms with Gasteiger partial charge in [0, 0.05) is 44.6 Å². The summed E-state index contributed by atoms with van der Waals surface area (Å²) in [5.74, 6) is 0.529. The first-order chi connectivity index (χ1) is 13.5. The van der Waals surface area contributed by atoms with E-state index in [1.165, 1.54) is 0 Å². The average molecular weight is 391 g/mol. The maximum Gasteiger partial charge on any atom is 0.315 e. The first-order valence-electron chi connectivity index (χ1n) is 10.2. The van der Waals surface area contributed by atoms with Crippen molar-refractivity contribution in [3.63, 3.8) is 0 Å². The number of hydrogen-bond donors (Lipinski definition) is 3. The van der Waals surface area contributed by atoms with Gasteiger partial charge in [-0.1, -0.05) is 32.0 Å². The van der Waals surface area contributed by atoms with Crippen LogP contribution in [0.15, 0.2) is 30.3 Å². The van der Waals surface area contributed by atoms with Gasteiger partial charge in [0.1, 0.15) is 0 Å². The lowest BCUT2D eigenvalue weighted by molar-refractivity contribution is -0.117. The zero-order valence-corrected chi connectivity index (χ0v) is 17.1. The topological polar surface area (TPSA) is 82.7 Å². The zero-order chi connectivity index (χ0) is 20.2. The summed E-state index contributed by atoms with van der Waals surface area (Å²) in [6.45, 7) is 8.26. The van der Waals surface area contributed by atoms with E-state index in [-0.39, 0.29) is 18.0 Å². The Morgan fingerprint density at radius 1 is 1.18 bits per heavy atom. The Balaban J connectivity index is 1.54. The van der Waals surface area contributed by atoms with Crippen molar-refractivity contribution in [2.45, 2.75) is 39.2 Å². The first kappa shape index (κ1) is 22.2. The van der Waals surface area contributed by atoms with Crippen molar-refractivity contribution in [1.29, 1.82) is 0 Å². The summed E-state index contributed by atoms with van der Waals surface area (Å²) in [4.78, 5) is 26.2. The number of benzene rings is 1. The molecule has 1 heterocycles. The SMILES string of the molecule is CC(C)COCCCNC(=O)NC1CCN(CC(=O)Nc2ccccc2)CC1. The Hall–Kier alpha value is -2.12. The molecule has 1 aliphatic heterocycles. The molecule has 1 fully saturated rings. The highest BCUT2D eigenvalue weighted by molar-refractivity contribution is 5.92. The third kappa shape index (κ3) is 9.19. The van der Waals surface area contributed by atoms with Crippen LogP contribution in [0.5, 0.6) is 0 Å². The third-order valence-corrected chi connectivity index (χ3v) is 4.55. The fourth-order valence-electron chi connectivity index (χ4n) is 3.09. The molecule has 1 aromatic carbocycles. The monoisotopic (exact) mass is 390 g/mol. The summed E-state index contributed by atoms with van der Waals surface area (Å²) < 4.78 is 5.50. The van der Waals surface area contributed by atoms with Gasteiger partial charge in [-0.15, -0.1) is 0 Å². The first-order valence-corrected chi connectivity index (χ1v) is 10.2. The molecule has 0 radical (unpaired) electrons. The van der Waals surface area contributed by atoms with Crippen molar-refractivity contribution in [1.82, 2.24) is 15.5 Å². The zero-order valence-electron chi connectivity index (χ0n) is 17.1. The Morgan fingerprint density at radius 2 is 1.89 bits per heavy atom. The van der Waals surface area contributed by atoms with Crippen LogP contribution in [0.25, 0.3) is 0 Å². The summed E-state index contributed by atoms with van der Waals surface area (Å²) in [7, 11) is 0. The van der Waals surface area contributed by atoms with Crippen molar-refractivity contribution in [3.05, 3.63) is 30.3 Å². The smallest absolute Gasteiger partial charge is 0.315 e. The molecule has 28 heavy (non-hydrogen) atoms. The molecule has 3 N–H and O–H groups in total. The number of hydrogen-bond acceptors (Lipinski definition) is 4. The van der Waals surface area contributed by atoms with E-state index in [0.29, 0.717) is 25.6 Å². The van der Waals surface area contributed by atoms with Crippen molar-refractivity contribution < 1.29 is 14.3 Å². The molecule has 0 atom stereocenters. The molecule has 0 aliphatic carbocycles. The van der Waals surface area contributed by atoms with Crippen LogP contribution in [0.4, 0.5) is 10.5 Å². The van der Waals surface area contributed by atoms with Crippen LogP contribution in [-0.2, 0) is 9.53 Å². The second kappa shape index (κ2) is 12.4. The fraction of sp³-hybridized carbons (Fsp3) is 0.619. The third-order valence-electron chi connectivity index (χ3n) is 4.55. The highest BCUT2D eigenvalue weighted by Gasteiger charge is 2.22. The molecular formula is C21H34N4O3. The molecule has 2 rings (SSSR count). The van der Waals surface area contributed by atoms with Gasteiger partial charge in [0.05, 0.1) is 6.54 Å². The Labute approximate surface area is 168 Å². The fourth-order valence-corrected chi connectivity index (χ4v) is 3.09. The predicted octanol–water partition coefficient (Wildman–Crippen LogP) is 2.45. The summed E-state index contributed by atoms with van der Waals surface area (Å²) >= 11 is 0. The Kier molecular flexibility index (Phi) is 9.79. The lowest BCUT2D eigenvalue weighted by Gasteiger charge is -2.31. The van der Waals surface area contributed by atoms with Gasteiger partial charge in [0.25, 0.3) is 0 Å². The molecule has 0 bridgehead atoms. The molecule has 1 aliphatic rings. The molecule has 1 saturated heterocycles. The quantitative estimate of drug-likeness (QED) is 0.536. The number of nitrogens with one attached hydrogen (secondary N) is 3. The Bertz CT molecular complexity index is 587. The predicted molar refractivity (Wildman–Crippen MR) is 111 cm³/mol. The molecule has 1 aromatic rings. The van der Waals surface area contributed by atoms with Crippen molar-refractivity contribution in [2.75, 3.05) is 44.7 Å². The molecule has 7 nitrogen and oxygen atoms in total. The highest BCUT2D eigenvalue weighted by atomic mass is 16.5. The normalized spacial score (nSPS) is 15.4. The maximum absolute atomic E-state index is 12.1. The second-order valence-corrected chi connectivity index (χ2v) is 7.69. The standard InChI is InChI=1S/C21H34N4O3/c1-17(2)16-28-14-6-11-22-21(27)24-19-9-12-25(13-10-19)15-20(26)23-18-7-4-3-5-8-18/h3-5,7-8,17,19H,6,9-16H2,1-2H3,(H,23,26)(H2,22,24,27). The number of anilines is 1. The van der Waals surface area contributed by atoms with E-state index in [1.807, 2.05) is 30.3 Å². The van der Waals surface area contributed by atoms with Crippen LogP contribution < -0.4 is 16.0 Å². The van der Waals surface area contributed by atoms with Crippen LogP contribution in [0, 0.1) is 5.92 Å². The van der Waals surface area contributed by atoms with Crippen molar-refractivity contribution in [3.8, 4) is 0 Å². The number of para-hydroxylation sites is 1. The van der Waals surface area contributed by atoms with Crippen molar-refractivity contribution in [2.24, 2.45) is 5.92 Å². The molecule has 156 valence electrons. The summed E-state index contributed by atoms with van der Waals surface area (Å²) in [5, 5.41) is 8.81. The molecule has 0 aromatic heterocycles. The lowest BCUT2D eigenvalue weighted by atomic mass is 10.1. The molecular weight excluding hydrogens is 356 g/mol. The van der Waals surface area contributed by atoms with E-state index in [0.717, 1.165) is 44.6 Å². The number of amides is 3. The number of urea groups is 1. The van der Waals surface area contributed by atoms with Crippen LogP contribution in [-0.4, -0.2) is 62.3 Å². The molecule has 0 unspecified atom stereocenters. The minimum atomic E-state index is -0.121. The van der Waals surface area contributed by atoms with E-state index >= 15 is 0 Å². The molecule has 3 amide bonds. The number of nitrogens with zero attached hydrogens (tertiary/aromatic N) is 1. The average Bonchev–Trinajstić information content (AvgIpc) is 2.66. The number of carbonyl (C=O) groups excluding carboxylic acids is 2. The van der Waals surface area contributed by atoms with E-state index in [1.54, 1.807) is 0 Å². The van der Waals surface area contributed by atoms with Gasteiger partial charge in [0.15, 0.2) is 0 Å². The maximum atomic E-state index is 12.1. The number of ether oxygens (including phenoxy) is 1. The van der Waals surface area contributed by atoms with Gasteiger partial charge in [-0.05, 0) is 37.3 Å². The van der Waals surface area contributed by atoms with Crippen LogP contribution in [0.3, 0.4) is 0 Å². The minimum Gasteiger partial charge on any atom is -0.381 e. The van der Waals surface area contributed by atoms with Gasteiger partial charge in [-0.3, -0.25) is 9.69 Å². The van der Waals surface area contributed by atoms with Crippen molar-refractivity contribution >= 4 is 17.6 Å². The van der Waals surface area contributed by atoms with E-state index in [2.05, 4.69) is 34.7 Å². The minimum absolute atomic E-state index is 0.00459. The summed E-state index contributed by atoms with van der Waals surface area (Å²) in [6, 6.07) is 9.51. The largest absolute Gasteiger partial charge is 0.381 e. The summed E-state index contributed by atoms with van der Waals surface area (Å²) in [6.07, 6.45) is 2.52. The molecule has 0 saturated carbocycles. The highest BCUT2D eigenvalue weighted by Crippen LogP contribution is 2.11. The number of piperidine rings is 1. The van der Waals surface area contributed by atoms with Gasteiger partial charge in [-0.25, -0.2) is 4.79 Å². The van der Waals surface area contributed by atoms with Gasteiger partial charge in [0.2, 0.25) is 5.91 Å². The number of rotatable bonds is 10. The van der Waals surface area contributed by atoms with E-state index in [4.69, 9.17) is 4.74 Å². The molecule has 0 spiro atoms. The van der Waals surface area contributed by atoms with E-state index < -0.39 is 0 Å².